The van der Waals surface area contributed by atoms with Gasteiger partial charge in [-0.05, 0) is 30.7 Å². The minimum Gasteiger partial charge on any atom is -0.307 e. The highest BCUT2D eigenvalue weighted by molar-refractivity contribution is 6.04. The van der Waals surface area contributed by atoms with Crippen LogP contribution >= 0.6 is 12.4 Å². The SMILES string of the molecule is Cc1ccccc1C(=O)Nc1ccccn1.Cl. The van der Waals surface area contributed by atoms with Crippen LogP contribution in [-0.2, 0) is 0 Å². The highest BCUT2D eigenvalue weighted by atomic mass is 35.5. The average molecular weight is 249 g/mol. The minimum absolute atomic E-state index is 0. The van der Waals surface area contributed by atoms with Crippen LogP contribution in [-0.4, -0.2) is 10.9 Å². The van der Waals surface area contributed by atoms with E-state index in [1.165, 1.54) is 0 Å². The molecule has 1 aromatic carbocycles. The van der Waals surface area contributed by atoms with Gasteiger partial charge in [-0.15, -0.1) is 12.4 Å². The van der Waals surface area contributed by atoms with Gasteiger partial charge in [0.2, 0.25) is 0 Å². The van der Waals surface area contributed by atoms with Crippen LogP contribution in [0.1, 0.15) is 15.9 Å². The molecule has 17 heavy (non-hydrogen) atoms. The zero-order valence-corrected chi connectivity index (χ0v) is 10.2. The van der Waals surface area contributed by atoms with Crippen LogP contribution in [0.15, 0.2) is 48.7 Å². The van der Waals surface area contributed by atoms with Crippen molar-refractivity contribution in [3.63, 3.8) is 0 Å². The highest BCUT2D eigenvalue weighted by Crippen LogP contribution is 2.09. The van der Waals surface area contributed by atoms with E-state index >= 15 is 0 Å². The smallest absolute Gasteiger partial charge is 0.257 e. The summed E-state index contributed by atoms with van der Waals surface area (Å²) in [6.07, 6.45) is 1.65. The van der Waals surface area contributed by atoms with Gasteiger partial charge in [-0.25, -0.2) is 4.98 Å². The number of carbonyl (C=O) groups excluding carboxylic acids is 1. The molecule has 2 rings (SSSR count). The van der Waals surface area contributed by atoms with Gasteiger partial charge in [0.1, 0.15) is 5.82 Å². The second-order valence-corrected chi connectivity index (χ2v) is 3.48. The summed E-state index contributed by atoms with van der Waals surface area (Å²) in [6.45, 7) is 1.91. The number of aromatic nitrogens is 1. The maximum Gasteiger partial charge on any atom is 0.257 e. The van der Waals surface area contributed by atoms with E-state index in [2.05, 4.69) is 10.3 Å². The zero-order valence-electron chi connectivity index (χ0n) is 9.38. The first-order valence-corrected chi connectivity index (χ1v) is 5.05. The number of hydrogen-bond acceptors (Lipinski definition) is 2. The molecule has 0 aliphatic heterocycles. The van der Waals surface area contributed by atoms with Crippen LogP contribution in [0.2, 0.25) is 0 Å². The van der Waals surface area contributed by atoms with Gasteiger partial charge in [-0.3, -0.25) is 4.79 Å². The summed E-state index contributed by atoms with van der Waals surface area (Å²) >= 11 is 0. The van der Waals surface area contributed by atoms with Gasteiger partial charge in [0, 0.05) is 11.8 Å². The fourth-order valence-electron chi connectivity index (χ4n) is 1.45. The van der Waals surface area contributed by atoms with Gasteiger partial charge in [0.25, 0.3) is 5.91 Å². The first-order valence-electron chi connectivity index (χ1n) is 5.05. The molecule has 0 atom stereocenters. The van der Waals surface area contributed by atoms with Crippen molar-refractivity contribution in [2.75, 3.05) is 5.32 Å². The first kappa shape index (κ1) is 13.2. The summed E-state index contributed by atoms with van der Waals surface area (Å²) in [5.41, 5.74) is 1.63. The Labute approximate surface area is 106 Å². The zero-order chi connectivity index (χ0) is 11.4. The number of nitrogens with zero attached hydrogens (tertiary/aromatic N) is 1. The quantitative estimate of drug-likeness (QED) is 0.888. The number of hydrogen-bond donors (Lipinski definition) is 1. The molecule has 0 bridgehead atoms. The Balaban J connectivity index is 0.00000144. The number of halogens is 1. The van der Waals surface area contributed by atoms with Crippen molar-refractivity contribution in [1.29, 1.82) is 0 Å². The fraction of sp³-hybridized carbons (Fsp3) is 0.0769. The lowest BCUT2D eigenvalue weighted by molar-refractivity contribution is 0.102. The molecule has 1 amide bonds. The maximum absolute atomic E-state index is 11.9. The van der Waals surface area contributed by atoms with Gasteiger partial charge in [0.05, 0.1) is 0 Å². The van der Waals surface area contributed by atoms with E-state index in [-0.39, 0.29) is 18.3 Å². The van der Waals surface area contributed by atoms with Crippen LogP contribution in [0.3, 0.4) is 0 Å². The number of anilines is 1. The third kappa shape index (κ3) is 3.29. The molecule has 88 valence electrons. The Bertz CT molecular complexity index is 500. The Morgan fingerprint density at radius 2 is 1.82 bits per heavy atom. The van der Waals surface area contributed by atoms with Crippen molar-refractivity contribution < 1.29 is 4.79 Å². The Kier molecular flexibility index (Phi) is 4.67. The van der Waals surface area contributed by atoms with Crippen LogP contribution < -0.4 is 5.32 Å². The molecule has 4 heteroatoms. The number of rotatable bonds is 2. The molecule has 0 aliphatic rings. The normalized spacial score (nSPS) is 9.24. The molecule has 0 spiro atoms. The molecule has 1 aromatic heterocycles. The number of amides is 1. The predicted octanol–water partition coefficient (Wildman–Crippen LogP) is 3.06. The molecule has 0 radical (unpaired) electrons. The van der Waals surface area contributed by atoms with Crippen LogP contribution in [0.25, 0.3) is 0 Å². The summed E-state index contributed by atoms with van der Waals surface area (Å²) in [7, 11) is 0. The number of benzene rings is 1. The Morgan fingerprint density at radius 1 is 1.12 bits per heavy atom. The van der Waals surface area contributed by atoms with E-state index in [0.29, 0.717) is 11.4 Å². The largest absolute Gasteiger partial charge is 0.307 e. The molecular formula is C13H13ClN2O. The topological polar surface area (TPSA) is 42.0 Å². The molecule has 3 nitrogen and oxygen atoms in total. The Morgan fingerprint density at radius 3 is 2.47 bits per heavy atom. The minimum atomic E-state index is -0.128. The van der Waals surface area contributed by atoms with Crippen molar-refractivity contribution in [3.8, 4) is 0 Å². The van der Waals surface area contributed by atoms with Gasteiger partial charge >= 0.3 is 0 Å². The summed E-state index contributed by atoms with van der Waals surface area (Å²) in [4.78, 5) is 15.9. The lowest BCUT2D eigenvalue weighted by atomic mass is 10.1. The summed E-state index contributed by atoms with van der Waals surface area (Å²) < 4.78 is 0. The molecule has 1 N–H and O–H groups in total. The first-order chi connectivity index (χ1) is 7.77. The summed E-state index contributed by atoms with van der Waals surface area (Å²) in [5, 5.41) is 2.75. The van der Waals surface area contributed by atoms with Crippen molar-refractivity contribution in [2.24, 2.45) is 0 Å². The molecule has 1 heterocycles. The second kappa shape index (κ2) is 6.01. The van der Waals surface area contributed by atoms with E-state index in [0.717, 1.165) is 5.56 Å². The predicted molar refractivity (Wildman–Crippen MR) is 70.6 cm³/mol. The monoisotopic (exact) mass is 248 g/mol. The number of nitrogens with one attached hydrogen (secondary N) is 1. The average Bonchev–Trinajstić information content (AvgIpc) is 2.31. The van der Waals surface area contributed by atoms with E-state index < -0.39 is 0 Å². The summed E-state index contributed by atoms with van der Waals surface area (Å²) in [5.74, 6) is 0.438. The van der Waals surface area contributed by atoms with Crippen molar-refractivity contribution in [3.05, 3.63) is 59.8 Å². The van der Waals surface area contributed by atoms with E-state index in [4.69, 9.17) is 0 Å². The molecular weight excluding hydrogens is 236 g/mol. The number of carbonyl (C=O) groups is 1. The van der Waals surface area contributed by atoms with E-state index in [9.17, 15) is 4.79 Å². The number of aryl methyl sites for hydroxylation is 1. The Hall–Kier alpha value is -1.87. The van der Waals surface area contributed by atoms with Gasteiger partial charge in [-0.1, -0.05) is 24.3 Å². The van der Waals surface area contributed by atoms with Crippen molar-refractivity contribution in [2.45, 2.75) is 6.92 Å². The van der Waals surface area contributed by atoms with Crippen molar-refractivity contribution in [1.82, 2.24) is 4.98 Å². The van der Waals surface area contributed by atoms with E-state index in [1.807, 2.05) is 37.3 Å². The van der Waals surface area contributed by atoms with Crippen LogP contribution in [0.5, 0.6) is 0 Å². The molecule has 2 aromatic rings. The second-order valence-electron chi connectivity index (χ2n) is 3.48. The lowest BCUT2D eigenvalue weighted by Gasteiger charge is -2.06. The van der Waals surface area contributed by atoms with Crippen LogP contribution in [0.4, 0.5) is 5.82 Å². The lowest BCUT2D eigenvalue weighted by Crippen LogP contribution is -2.13. The fourth-order valence-corrected chi connectivity index (χ4v) is 1.45. The van der Waals surface area contributed by atoms with Crippen LogP contribution in [0, 0.1) is 6.92 Å². The third-order valence-corrected chi connectivity index (χ3v) is 2.30. The molecule has 0 unspecified atom stereocenters. The molecule has 0 saturated carbocycles. The van der Waals surface area contributed by atoms with Gasteiger partial charge in [-0.2, -0.15) is 0 Å². The highest BCUT2D eigenvalue weighted by Gasteiger charge is 2.08. The van der Waals surface area contributed by atoms with Gasteiger partial charge in [0.15, 0.2) is 0 Å². The molecule has 0 saturated heterocycles. The summed E-state index contributed by atoms with van der Waals surface area (Å²) in [6, 6.07) is 12.9. The van der Waals surface area contributed by atoms with Gasteiger partial charge < -0.3 is 5.32 Å². The third-order valence-electron chi connectivity index (χ3n) is 2.30. The molecule has 0 aliphatic carbocycles. The molecule has 0 fully saturated rings. The maximum atomic E-state index is 11.9. The van der Waals surface area contributed by atoms with E-state index in [1.54, 1.807) is 18.3 Å². The van der Waals surface area contributed by atoms with Crippen molar-refractivity contribution >= 4 is 24.1 Å². The standard InChI is InChI=1S/C13H12N2O.ClH/c1-10-6-2-3-7-11(10)13(16)15-12-8-4-5-9-14-12;/h2-9H,1H3,(H,14,15,16);1H. The number of pyridine rings is 1.